The standard InChI is InChI=1S/C45H31N3/c1-7-19-32(20-8-1)38-31-39(45-47-43(36-27-15-5-16-28-36)46-44(48-45)37-29-17-6-18-30-37)41(34-23-11-3-12-24-34)42(35-25-13-4-14-26-35)40(38)33-21-9-2-10-22-33/h1-31H. The molecule has 0 unspecified atom stereocenters. The number of benzene rings is 7. The van der Waals surface area contributed by atoms with Crippen LogP contribution in [0.15, 0.2) is 188 Å². The lowest BCUT2D eigenvalue weighted by atomic mass is 9.80. The highest BCUT2D eigenvalue weighted by Crippen LogP contribution is 2.49. The van der Waals surface area contributed by atoms with Crippen LogP contribution < -0.4 is 0 Å². The highest BCUT2D eigenvalue weighted by atomic mass is 15.0. The van der Waals surface area contributed by atoms with Crippen LogP contribution in [-0.4, -0.2) is 15.0 Å². The molecule has 0 fully saturated rings. The first-order valence-corrected chi connectivity index (χ1v) is 16.1. The van der Waals surface area contributed by atoms with Gasteiger partial charge in [-0.15, -0.1) is 0 Å². The second-order valence-electron chi connectivity index (χ2n) is 11.6. The van der Waals surface area contributed by atoms with Crippen LogP contribution >= 0.6 is 0 Å². The monoisotopic (exact) mass is 613 g/mol. The van der Waals surface area contributed by atoms with E-state index in [0.29, 0.717) is 17.5 Å². The molecule has 0 aliphatic carbocycles. The van der Waals surface area contributed by atoms with Gasteiger partial charge in [0.25, 0.3) is 0 Å². The molecule has 0 amide bonds. The average molecular weight is 614 g/mol. The third-order valence-electron chi connectivity index (χ3n) is 8.54. The molecule has 0 atom stereocenters. The molecule has 0 aliphatic heterocycles. The summed E-state index contributed by atoms with van der Waals surface area (Å²) in [5.41, 5.74) is 11.8. The van der Waals surface area contributed by atoms with Crippen LogP contribution in [0, 0.1) is 0 Å². The molecule has 0 spiro atoms. The van der Waals surface area contributed by atoms with Gasteiger partial charge in [0.2, 0.25) is 0 Å². The van der Waals surface area contributed by atoms with E-state index in [4.69, 9.17) is 15.0 Å². The molecule has 0 saturated heterocycles. The Kier molecular flexibility index (Phi) is 7.92. The van der Waals surface area contributed by atoms with Crippen molar-refractivity contribution >= 4 is 0 Å². The predicted molar refractivity (Wildman–Crippen MR) is 198 cm³/mol. The predicted octanol–water partition coefficient (Wildman–Crippen LogP) is 11.5. The minimum atomic E-state index is 0.621. The molecule has 3 nitrogen and oxygen atoms in total. The van der Waals surface area contributed by atoms with E-state index in [9.17, 15) is 0 Å². The topological polar surface area (TPSA) is 38.7 Å². The summed E-state index contributed by atoms with van der Waals surface area (Å²) < 4.78 is 0. The van der Waals surface area contributed by atoms with Gasteiger partial charge in [0.15, 0.2) is 17.5 Å². The third kappa shape index (κ3) is 5.70. The molecular weight excluding hydrogens is 583 g/mol. The van der Waals surface area contributed by atoms with Crippen LogP contribution in [0.5, 0.6) is 0 Å². The second kappa shape index (κ2) is 13.1. The van der Waals surface area contributed by atoms with Crippen molar-refractivity contribution in [2.75, 3.05) is 0 Å². The molecule has 226 valence electrons. The Labute approximate surface area is 280 Å². The van der Waals surface area contributed by atoms with Crippen molar-refractivity contribution in [3.8, 4) is 78.7 Å². The first kappa shape index (κ1) is 29.0. The summed E-state index contributed by atoms with van der Waals surface area (Å²) in [7, 11) is 0. The smallest absolute Gasteiger partial charge is 0.164 e. The van der Waals surface area contributed by atoms with Gasteiger partial charge >= 0.3 is 0 Å². The van der Waals surface area contributed by atoms with E-state index in [1.54, 1.807) is 0 Å². The first-order valence-electron chi connectivity index (χ1n) is 16.1. The molecule has 8 rings (SSSR count). The van der Waals surface area contributed by atoms with Gasteiger partial charge < -0.3 is 0 Å². The minimum Gasteiger partial charge on any atom is -0.208 e. The van der Waals surface area contributed by atoms with Gasteiger partial charge in [0.1, 0.15) is 0 Å². The van der Waals surface area contributed by atoms with Gasteiger partial charge in [-0.3, -0.25) is 0 Å². The number of hydrogen-bond acceptors (Lipinski definition) is 3. The fourth-order valence-corrected chi connectivity index (χ4v) is 6.34. The lowest BCUT2D eigenvalue weighted by molar-refractivity contribution is 1.07. The van der Waals surface area contributed by atoms with Crippen molar-refractivity contribution < 1.29 is 0 Å². The van der Waals surface area contributed by atoms with Crippen LogP contribution in [0.2, 0.25) is 0 Å². The molecule has 1 aromatic heterocycles. The molecule has 0 N–H and O–H groups in total. The van der Waals surface area contributed by atoms with Crippen molar-refractivity contribution in [2.45, 2.75) is 0 Å². The molecular formula is C45H31N3. The largest absolute Gasteiger partial charge is 0.208 e. The van der Waals surface area contributed by atoms with Crippen molar-refractivity contribution in [2.24, 2.45) is 0 Å². The molecule has 48 heavy (non-hydrogen) atoms. The second-order valence-corrected chi connectivity index (χ2v) is 11.6. The van der Waals surface area contributed by atoms with Crippen LogP contribution in [0.1, 0.15) is 0 Å². The zero-order valence-electron chi connectivity index (χ0n) is 26.2. The maximum atomic E-state index is 5.24. The molecule has 0 radical (unpaired) electrons. The number of hydrogen-bond donors (Lipinski definition) is 0. The lowest BCUT2D eigenvalue weighted by Gasteiger charge is -2.24. The Balaban J connectivity index is 1.55. The Morgan fingerprint density at radius 3 is 0.917 bits per heavy atom. The van der Waals surface area contributed by atoms with E-state index in [0.717, 1.165) is 61.2 Å². The molecule has 0 saturated carbocycles. The Morgan fingerprint density at radius 1 is 0.229 bits per heavy atom. The lowest BCUT2D eigenvalue weighted by Crippen LogP contribution is -2.03. The minimum absolute atomic E-state index is 0.621. The zero-order valence-corrected chi connectivity index (χ0v) is 26.2. The molecule has 3 heteroatoms. The van der Waals surface area contributed by atoms with E-state index >= 15 is 0 Å². The third-order valence-corrected chi connectivity index (χ3v) is 8.54. The van der Waals surface area contributed by atoms with Gasteiger partial charge in [-0.25, -0.2) is 15.0 Å². The SMILES string of the molecule is c1ccc(-c2nc(-c3ccccc3)nc(-c3cc(-c4ccccc4)c(-c4ccccc4)c(-c4ccccc4)c3-c3ccccc3)n2)cc1. The Bertz CT molecular complexity index is 2230. The van der Waals surface area contributed by atoms with E-state index in [1.807, 2.05) is 36.4 Å². The maximum Gasteiger partial charge on any atom is 0.164 e. The van der Waals surface area contributed by atoms with Crippen molar-refractivity contribution in [1.29, 1.82) is 0 Å². The molecule has 1 heterocycles. The normalized spacial score (nSPS) is 10.9. The summed E-state index contributed by atoms with van der Waals surface area (Å²) in [5, 5.41) is 0. The van der Waals surface area contributed by atoms with Crippen LogP contribution in [0.4, 0.5) is 0 Å². The van der Waals surface area contributed by atoms with E-state index < -0.39 is 0 Å². The maximum absolute atomic E-state index is 5.24. The highest BCUT2D eigenvalue weighted by Gasteiger charge is 2.25. The fraction of sp³-hybridized carbons (Fsp3) is 0. The van der Waals surface area contributed by atoms with Gasteiger partial charge in [-0.05, 0) is 45.0 Å². The molecule has 7 aromatic carbocycles. The summed E-state index contributed by atoms with van der Waals surface area (Å²) in [6.07, 6.45) is 0. The number of nitrogens with zero attached hydrogens (tertiary/aromatic N) is 3. The Morgan fingerprint density at radius 2 is 0.521 bits per heavy atom. The van der Waals surface area contributed by atoms with Crippen LogP contribution in [0.25, 0.3) is 78.7 Å². The average Bonchev–Trinajstić information content (AvgIpc) is 3.19. The van der Waals surface area contributed by atoms with Gasteiger partial charge in [-0.2, -0.15) is 0 Å². The quantitative estimate of drug-likeness (QED) is 0.179. The highest BCUT2D eigenvalue weighted by molar-refractivity contribution is 6.06. The number of rotatable bonds is 7. The van der Waals surface area contributed by atoms with Crippen molar-refractivity contribution in [1.82, 2.24) is 15.0 Å². The molecule has 8 aromatic rings. The summed E-state index contributed by atoms with van der Waals surface area (Å²) >= 11 is 0. The van der Waals surface area contributed by atoms with E-state index in [2.05, 4.69) is 152 Å². The van der Waals surface area contributed by atoms with Crippen molar-refractivity contribution in [3.63, 3.8) is 0 Å². The van der Waals surface area contributed by atoms with Gasteiger partial charge in [0.05, 0.1) is 0 Å². The molecule has 0 aliphatic rings. The first-order chi connectivity index (χ1) is 23.8. The summed E-state index contributed by atoms with van der Waals surface area (Å²) in [5.74, 6) is 1.89. The number of aromatic nitrogens is 3. The summed E-state index contributed by atoms with van der Waals surface area (Å²) in [6, 6.07) is 65.2. The molecule has 0 bridgehead atoms. The van der Waals surface area contributed by atoms with E-state index in [1.165, 1.54) is 0 Å². The van der Waals surface area contributed by atoms with Crippen LogP contribution in [-0.2, 0) is 0 Å². The van der Waals surface area contributed by atoms with Gasteiger partial charge in [-0.1, -0.05) is 182 Å². The van der Waals surface area contributed by atoms with Crippen molar-refractivity contribution in [3.05, 3.63) is 188 Å². The van der Waals surface area contributed by atoms with Crippen LogP contribution in [0.3, 0.4) is 0 Å². The summed E-state index contributed by atoms with van der Waals surface area (Å²) in [4.78, 5) is 15.5. The summed E-state index contributed by atoms with van der Waals surface area (Å²) in [6.45, 7) is 0. The fourth-order valence-electron chi connectivity index (χ4n) is 6.34. The Hall–Kier alpha value is -6.45. The van der Waals surface area contributed by atoms with E-state index in [-0.39, 0.29) is 0 Å². The van der Waals surface area contributed by atoms with Gasteiger partial charge in [0, 0.05) is 22.3 Å². The zero-order chi connectivity index (χ0) is 32.1.